The lowest BCUT2D eigenvalue weighted by molar-refractivity contribution is 0.222. The van der Waals surface area contributed by atoms with E-state index in [1.54, 1.807) is 16.9 Å². The standard InChI is InChI=1S/C21H27ClN6O2S/c1-5-16(31(30)6-2)11-23-13(3)10-24-18-20(29)28(14(4)15-8-7-9-15)19-17(26-18)12-25-21(22)27-19/h5,11-12,14-15H,3,6-10H2,1-2,4H3,(H,24,26)/b16-5+,23-11?/t14-,31?/m0/s1. The molecule has 0 amide bonds. The Morgan fingerprint density at radius 2 is 2.23 bits per heavy atom. The molecule has 31 heavy (non-hydrogen) atoms. The number of hydrogen-bond acceptors (Lipinski definition) is 7. The van der Waals surface area contributed by atoms with E-state index in [0.29, 0.717) is 33.4 Å². The van der Waals surface area contributed by atoms with Gasteiger partial charge in [0.1, 0.15) is 5.52 Å². The summed E-state index contributed by atoms with van der Waals surface area (Å²) in [5, 5.41) is 3.11. The Bertz CT molecular complexity index is 1120. The summed E-state index contributed by atoms with van der Waals surface area (Å²) in [7, 11) is -1.09. The van der Waals surface area contributed by atoms with Gasteiger partial charge in [-0.3, -0.25) is 18.6 Å². The van der Waals surface area contributed by atoms with E-state index >= 15 is 0 Å². The maximum Gasteiger partial charge on any atom is 0.295 e. The second-order valence-corrected chi connectivity index (χ2v) is 9.50. The van der Waals surface area contributed by atoms with Crippen LogP contribution in [0.5, 0.6) is 0 Å². The molecule has 0 aromatic carbocycles. The van der Waals surface area contributed by atoms with E-state index in [-0.39, 0.29) is 29.2 Å². The summed E-state index contributed by atoms with van der Waals surface area (Å²) in [5.41, 5.74) is 1.15. The van der Waals surface area contributed by atoms with Gasteiger partial charge in [-0.05, 0) is 44.2 Å². The molecule has 2 atom stereocenters. The number of aromatic nitrogens is 4. The second-order valence-electron chi connectivity index (χ2n) is 7.42. The molecule has 0 bridgehead atoms. The predicted octanol–water partition coefficient (Wildman–Crippen LogP) is 3.87. The van der Waals surface area contributed by atoms with E-state index in [2.05, 4.69) is 31.8 Å². The van der Waals surface area contributed by atoms with Crippen molar-refractivity contribution in [2.24, 2.45) is 10.9 Å². The highest BCUT2D eigenvalue weighted by molar-refractivity contribution is 7.89. The van der Waals surface area contributed by atoms with Crippen LogP contribution in [0, 0.1) is 5.92 Å². The van der Waals surface area contributed by atoms with Crippen LogP contribution < -0.4 is 10.9 Å². The topological polar surface area (TPSA) is 102 Å². The lowest BCUT2D eigenvalue weighted by Gasteiger charge is -2.33. The van der Waals surface area contributed by atoms with E-state index in [1.807, 2.05) is 20.8 Å². The van der Waals surface area contributed by atoms with Crippen molar-refractivity contribution in [3.05, 3.63) is 45.1 Å². The fraction of sp³-hybridized carbons (Fsp3) is 0.476. The normalized spacial score (nSPS) is 17.0. The van der Waals surface area contributed by atoms with Gasteiger partial charge in [0.15, 0.2) is 11.5 Å². The molecule has 1 N–H and O–H groups in total. The van der Waals surface area contributed by atoms with Crippen molar-refractivity contribution in [1.29, 1.82) is 0 Å². The van der Waals surface area contributed by atoms with Crippen molar-refractivity contribution in [3.8, 4) is 0 Å². The molecule has 1 unspecified atom stereocenters. The first-order valence-electron chi connectivity index (χ1n) is 10.3. The molecule has 0 radical (unpaired) electrons. The Kier molecular flexibility index (Phi) is 7.72. The van der Waals surface area contributed by atoms with Crippen LogP contribution in [0.2, 0.25) is 5.28 Å². The van der Waals surface area contributed by atoms with Crippen LogP contribution in [0.15, 0.2) is 39.2 Å². The van der Waals surface area contributed by atoms with Crippen molar-refractivity contribution in [2.75, 3.05) is 17.6 Å². The molecule has 1 aliphatic rings. The number of allylic oxidation sites excluding steroid dienone is 2. The van der Waals surface area contributed by atoms with Crippen molar-refractivity contribution in [1.82, 2.24) is 19.5 Å². The third-order valence-electron chi connectivity index (χ3n) is 5.49. The van der Waals surface area contributed by atoms with Crippen molar-refractivity contribution in [2.45, 2.75) is 46.1 Å². The number of hydrogen-bond donors (Lipinski definition) is 1. The van der Waals surface area contributed by atoms with Gasteiger partial charge in [-0.2, -0.15) is 4.98 Å². The van der Waals surface area contributed by atoms with Gasteiger partial charge in [0.25, 0.3) is 5.56 Å². The van der Waals surface area contributed by atoms with Gasteiger partial charge in [0, 0.05) is 18.0 Å². The first kappa shape index (κ1) is 23.3. The van der Waals surface area contributed by atoms with Crippen LogP contribution in [0.4, 0.5) is 5.82 Å². The molecule has 3 rings (SSSR count). The Hall–Kier alpha value is -2.39. The minimum atomic E-state index is -1.09. The fourth-order valence-electron chi connectivity index (χ4n) is 3.42. The molecule has 0 aliphatic heterocycles. The highest BCUT2D eigenvalue weighted by Crippen LogP contribution is 2.36. The smallest absolute Gasteiger partial charge is 0.295 e. The molecule has 2 aromatic rings. The maximum atomic E-state index is 13.3. The lowest BCUT2D eigenvalue weighted by Crippen LogP contribution is -2.34. The molecule has 166 valence electrons. The second kappa shape index (κ2) is 10.3. The highest BCUT2D eigenvalue weighted by Gasteiger charge is 2.28. The van der Waals surface area contributed by atoms with Crippen molar-refractivity contribution < 1.29 is 4.21 Å². The predicted molar refractivity (Wildman–Crippen MR) is 127 cm³/mol. The molecule has 2 heterocycles. The van der Waals surface area contributed by atoms with Crippen LogP contribution in [-0.4, -0.2) is 42.2 Å². The summed E-state index contributed by atoms with van der Waals surface area (Å²) in [6.45, 7) is 9.81. The van der Waals surface area contributed by atoms with Crippen molar-refractivity contribution in [3.63, 3.8) is 0 Å². The molecule has 2 aromatic heterocycles. The quantitative estimate of drug-likeness (QED) is 0.448. The largest absolute Gasteiger partial charge is 0.360 e. The van der Waals surface area contributed by atoms with Gasteiger partial charge in [0.2, 0.25) is 5.28 Å². The van der Waals surface area contributed by atoms with Gasteiger partial charge < -0.3 is 5.32 Å². The number of anilines is 1. The Morgan fingerprint density at radius 1 is 1.48 bits per heavy atom. The van der Waals surface area contributed by atoms with Crippen LogP contribution in [-0.2, 0) is 10.8 Å². The minimum Gasteiger partial charge on any atom is -0.360 e. The molecule has 1 fully saturated rings. The number of halogens is 1. The summed E-state index contributed by atoms with van der Waals surface area (Å²) in [5.74, 6) is 1.12. The van der Waals surface area contributed by atoms with Crippen LogP contribution >= 0.6 is 11.6 Å². The highest BCUT2D eigenvalue weighted by atomic mass is 35.5. The van der Waals surface area contributed by atoms with Crippen molar-refractivity contribution >= 4 is 45.6 Å². The average Bonchev–Trinajstić information content (AvgIpc) is 2.71. The molecule has 8 nitrogen and oxygen atoms in total. The lowest BCUT2D eigenvalue weighted by atomic mass is 9.80. The Morgan fingerprint density at radius 3 is 2.84 bits per heavy atom. The van der Waals surface area contributed by atoms with E-state index in [4.69, 9.17) is 11.6 Å². The first-order chi connectivity index (χ1) is 14.8. The van der Waals surface area contributed by atoms with E-state index < -0.39 is 10.8 Å². The van der Waals surface area contributed by atoms with Gasteiger partial charge in [-0.15, -0.1) is 0 Å². The van der Waals surface area contributed by atoms with E-state index in [9.17, 15) is 9.00 Å². The summed E-state index contributed by atoms with van der Waals surface area (Å²) in [4.78, 5) is 30.8. The van der Waals surface area contributed by atoms with Crippen LogP contribution in [0.3, 0.4) is 0 Å². The summed E-state index contributed by atoms with van der Waals surface area (Å²) >= 11 is 5.99. The molecular weight excluding hydrogens is 436 g/mol. The summed E-state index contributed by atoms with van der Waals surface area (Å²) in [6.07, 6.45) is 8.16. The van der Waals surface area contributed by atoms with Gasteiger partial charge in [-0.25, -0.2) is 9.97 Å². The maximum absolute atomic E-state index is 13.3. The van der Waals surface area contributed by atoms with Gasteiger partial charge in [0.05, 0.1) is 34.1 Å². The number of aliphatic imine (C=N–C) groups is 1. The number of nitrogens with one attached hydrogen (secondary N) is 1. The molecule has 0 spiro atoms. The first-order valence-corrected chi connectivity index (χ1v) is 12.0. The zero-order chi connectivity index (χ0) is 22.5. The monoisotopic (exact) mass is 462 g/mol. The van der Waals surface area contributed by atoms with Crippen LogP contribution in [0.25, 0.3) is 11.2 Å². The van der Waals surface area contributed by atoms with Crippen LogP contribution in [0.1, 0.15) is 46.1 Å². The average molecular weight is 463 g/mol. The minimum absolute atomic E-state index is 0.0271. The number of rotatable bonds is 9. The molecule has 1 saturated carbocycles. The molecule has 10 heteroatoms. The summed E-state index contributed by atoms with van der Waals surface area (Å²) < 4.78 is 13.6. The summed E-state index contributed by atoms with van der Waals surface area (Å²) in [6, 6.07) is -0.0271. The Balaban J connectivity index is 1.86. The zero-order valence-corrected chi connectivity index (χ0v) is 19.5. The molecule has 0 saturated heterocycles. The third kappa shape index (κ3) is 5.27. The van der Waals surface area contributed by atoms with E-state index in [1.165, 1.54) is 12.6 Å². The number of nitrogens with zero attached hydrogens (tertiary/aromatic N) is 5. The molecular formula is C21H27ClN6O2S. The SMILES string of the molecule is C=C(CNc1nc2cnc(Cl)nc2n([C@@H](C)C2CCC2)c1=O)N=C/C(=C\C)S(=O)CC. The van der Waals surface area contributed by atoms with E-state index in [0.717, 1.165) is 12.8 Å². The third-order valence-corrected chi connectivity index (χ3v) is 7.06. The van der Waals surface area contributed by atoms with Gasteiger partial charge in [-0.1, -0.05) is 26.0 Å². The fourth-order valence-corrected chi connectivity index (χ4v) is 4.32. The van der Waals surface area contributed by atoms with Gasteiger partial charge >= 0.3 is 0 Å². The zero-order valence-electron chi connectivity index (χ0n) is 18.0. The number of fused-ring (bicyclic) bond motifs is 1. The molecule has 1 aliphatic carbocycles. The Labute approximate surface area is 189 Å².